The van der Waals surface area contributed by atoms with E-state index in [-0.39, 0.29) is 29.4 Å². The van der Waals surface area contributed by atoms with Crippen molar-refractivity contribution in [2.24, 2.45) is 0 Å². The van der Waals surface area contributed by atoms with Gasteiger partial charge in [-0.3, -0.25) is 19.3 Å². The SMILES string of the molecule is CCN(C(=O)c1cccc(CN2C(=O)CSC2=O)c1)C1CCCC1. The Morgan fingerprint density at radius 3 is 2.67 bits per heavy atom. The largest absolute Gasteiger partial charge is 0.336 e. The minimum atomic E-state index is -0.210. The molecule has 2 fully saturated rings. The van der Waals surface area contributed by atoms with Crippen LogP contribution in [0.25, 0.3) is 0 Å². The van der Waals surface area contributed by atoms with Gasteiger partial charge >= 0.3 is 0 Å². The second-order valence-corrected chi connectivity index (χ2v) is 7.19. The number of hydrogen-bond donors (Lipinski definition) is 0. The average Bonchev–Trinajstić information content (AvgIpc) is 3.22. The van der Waals surface area contributed by atoms with Crippen LogP contribution in [0.15, 0.2) is 24.3 Å². The zero-order chi connectivity index (χ0) is 17.1. The number of imide groups is 1. The number of nitrogens with zero attached hydrogens (tertiary/aromatic N) is 2. The van der Waals surface area contributed by atoms with E-state index in [0.717, 1.165) is 30.2 Å². The van der Waals surface area contributed by atoms with E-state index in [1.807, 2.05) is 36.1 Å². The quantitative estimate of drug-likeness (QED) is 0.821. The van der Waals surface area contributed by atoms with Crippen LogP contribution in [0.2, 0.25) is 0 Å². The zero-order valence-corrected chi connectivity index (χ0v) is 14.7. The molecule has 1 aromatic carbocycles. The average molecular weight is 346 g/mol. The van der Waals surface area contributed by atoms with Gasteiger partial charge in [0.1, 0.15) is 0 Å². The summed E-state index contributed by atoms with van der Waals surface area (Å²) in [7, 11) is 0. The van der Waals surface area contributed by atoms with Crippen LogP contribution in [0.1, 0.15) is 48.5 Å². The smallest absolute Gasteiger partial charge is 0.289 e. The predicted octanol–water partition coefficient (Wildman–Crippen LogP) is 3.29. The first-order valence-electron chi connectivity index (χ1n) is 8.47. The van der Waals surface area contributed by atoms with Gasteiger partial charge in [-0.15, -0.1) is 0 Å². The van der Waals surface area contributed by atoms with Crippen molar-refractivity contribution >= 4 is 28.8 Å². The Bertz CT molecular complexity index is 639. The van der Waals surface area contributed by atoms with Crippen molar-refractivity contribution in [1.82, 2.24) is 9.80 Å². The van der Waals surface area contributed by atoms with E-state index in [1.54, 1.807) is 0 Å². The summed E-state index contributed by atoms with van der Waals surface area (Å²) in [5, 5.41) is -0.210. The van der Waals surface area contributed by atoms with Crippen LogP contribution in [0, 0.1) is 0 Å². The number of amides is 3. The normalized spacial score (nSPS) is 18.5. The molecule has 24 heavy (non-hydrogen) atoms. The highest BCUT2D eigenvalue weighted by molar-refractivity contribution is 8.14. The first kappa shape index (κ1) is 17.0. The maximum Gasteiger partial charge on any atom is 0.289 e. The molecule has 1 saturated carbocycles. The molecule has 0 atom stereocenters. The predicted molar refractivity (Wildman–Crippen MR) is 93.8 cm³/mol. The zero-order valence-electron chi connectivity index (χ0n) is 13.9. The number of thioether (sulfide) groups is 1. The minimum absolute atomic E-state index is 0.0414. The fourth-order valence-corrected chi connectivity index (χ4v) is 4.19. The van der Waals surface area contributed by atoms with Crippen molar-refractivity contribution in [3.05, 3.63) is 35.4 Å². The topological polar surface area (TPSA) is 57.7 Å². The Morgan fingerprint density at radius 2 is 2.04 bits per heavy atom. The van der Waals surface area contributed by atoms with Gasteiger partial charge in [0.15, 0.2) is 0 Å². The van der Waals surface area contributed by atoms with E-state index >= 15 is 0 Å². The fraction of sp³-hybridized carbons (Fsp3) is 0.500. The van der Waals surface area contributed by atoms with Gasteiger partial charge in [-0.05, 0) is 37.5 Å². The Balaban J connectivity index is 1.75. The molecule has 0 aromatic heterocycles. The third-order valence-electron chi connectivity index (χ3n) is 4.72. The Kier molecular flexibility index (Phi) is 5.23. The van der Waals surface area contributed by atoms with E-state index in [1.165, 1.54) is 17.7 Å². The van der Waals surface area contributed by atoms with E-state index in [9.17, 15) is 14.4 Å². The highest BCUT2D eigenvalue weighted by Crippen LogP contribution is 2.25. The van der Waals surface area contributed by atoms with Crippen molar-refractivity contribution in [3.63, 3.8) is 0 Å². The van der Waals surface area contributed by atoms with Crippen LogP contribution >= 0.6 is 11.8 Å². The molecule has 1 heterocycles. The lowest BCUT2D eigenvalue weighted by Crippen LogP contribution is -2.38. The van der Waals surface area contributed by atoms with Gasteiger partial charge in [-0.2, -0.15) is 0 Å². The van der Waals surface area contributed by atoms with Crippen molar-refractivity contribution in [1.29, 1.82) is 0 Å². The summed E-state index contributed by atoms with van der Waals surface area (Å²) in [6, 6.07) is 7.63. The van der Waals surface area contributed by atoms with Gasteiger partial charge in [0, 0.05) is 18.2 Å². The number of benzene rings is 1. The van der Waals surface area contributed by atoms with Crippen molar-refractivity contribution in [3.8, 4) is 0 Å². The molecule has 1 saturated heterocycles. The van der Waals surface area contributed by atoms with Crippen molar-refractivity contribution in [2.45, 2.75) is 45.2 Å². The highest BCUT2D eigenvalue weighted by atomic mass is 32.2. The lowest BCUT2D eigenvalue weighted by Gasteiger charge is -2.28. The summed E-state index contributed by atoms with van der Waals surface area (Å²) in [5.74, 6) is 0.0884. The molecule has 2 aliphatic rings. The van der Waals surface area contributed by atoms with Crippen LogP contribution in [0.4, 0.5) is 4.79 Å². The lowest BCUT2D eigenvalue weighted by molar-refractivity contribution is -0.125. The number of carbonyl (C=O) groups excluding carboxylic acids is 3. The molecule has 1 aliphatic carbocycles. The van der Waals surface area contributed by atoms with Crippen LogP contribution in [-0.4, -0.2) is 45.2 Å². The van der Waals surface area contributed by atoms with Gasteiger partial charge in [0.2, 0.25) is 5.91 Å². The third kappa shape index (κ3) is 3.48. The maximum atomic E-state index is 12.9. The Hall–Kier alpha value is -1.82. The van der Waals surface area contributed by atoms with Crippen LogP contribution < -0.4 is 0 Å². The summed E-state index contributed by atoms with van der Waals surface area (Å²) in [6.45, 7) is 2.95. The number of rotatable bonds is 5. The second kappa shape index (κ2) is 7.38. The molecule has 0 spiro atoms. The summed E-state index contributed by atoms with van der Waals surface area (Å²) in [5.41, 5.74) is 1.44. The van der Waals surface area contributed by atoms with Gasteiger partial charge in [0.05, 0.1) is 12.3 Å². The Labute approximate surface area is 146 Å². The third-order valence-corrected chi connectivity index (χ3v) is 5.58. The molecule has 6 heteroatoms. The molecule has 1 aromatic rings. The van der Waals surface area contributed by atoms with E-state index in [4.69, 9.17) is 0 Å². The van der Waals surface area contributed by atoms with Crippen LogP contribution in [0.5, 0.6) is 0 Å². The fourth-order valence-electron chi connectivity index (χ4n) is 3.47. The molecule has 0 N–H and O–H groups in total. The summed E-state index contributed by atoms with van der Waals surface area (Å²) >= 11 is 1.03. The molecular weight excluding hydrogens is 324 g/mol. The molecule has 0 unspecified atom stereocenters. The first-order chi connectivity index (χ1) is 11.6. The first-order valence-corrected chi connectivity index (χ1v) is 9.45. The number of hydrogen-bond acceptors (Lipinski definition) is 4. The molecule has 3 rings (SSSR count). The second-order valence-electron chi connectivity index (χ2n) is 6.26. The summed E-state index contributed by atoms with van der Waals surface area (Å²) in [6.07, 6.45) is 4.53. The molecule has 5 nitrogen and oxygen atoms in total. The minimum Gasteiger partial charge on any atom is -0.336 e. The van der Waals surface area contributed by atoms with E-state index < -0.39 is 0 Å². The van der Waals surface area contributed by atoms with E-state index in [2.05, 4.69) is 0 Å². The molecule has 1 aliphatic heterocycles. The molecule has 0 bridgehead atoms. The molecule has 3 amide bonds. The van der Waals surface area contributed by atoms with Gasteiger partial charge in [0.25, 0.3) is 11.1 Å². The van der Waals surface area contributed by atoms with Gasteiger partial charge in [-0.1, -0.05) is 36.7 Å². The van der Waals surface area contributed by atoms with Gasteiger partial charge in [-0.25, -0.2) is 0 Å². The Morgan fingerprint density at radius 1 is 1.29 bits per heavy atom. The summed E-state index contributed by atoms with van der Waals surface area (Å²) in [4.78, 5) is 39.5. The van der Waals surface area contributed by atoms with E-state index in [0.29, 0.717) is 18.2 Å². The van der Waals surface area contributed by atoms with Crippen molar-refractivity contribution in [2.75, 3.05) is 12.3 Å². The monoisotopic (exact) mass is 346 g/mol. The van der Waals surface area contributed by atoms with Gasteiger partial charge < -0.3 is 4.90 Å². The lowest BCUT2D eigenvalue weighted by atomic mass is 10.1. The summed E-state index contributed by atoms with van der Waals surface area (Å²) < 4.78 is 0. The maximum absolute atomic E-state index is 12.9. The highest BCUT2D eigenvalue weighted by Gasteiger charge is 2.30. The van der Waals surface area contributed by atoms with Crippen molar-refractivity contribution < 1.29 is 14.4 Å². The number of carbonyl (C=O) groups is 3. The standard InChI is InChI=1S/C18H22N2O3S/c1-2-19(15-8-3-4-9-15)17(22)14-7-5-6-13(10-14)11-20-16(21)12-24-18(20)23/h5-7,10,15H,2-4,8-9,11-12H2,1H3. The van der Waals surface area contributed by atoms with Crippen LogP contribution in [0.3, 0.4) is 0 Å². The molecular formula is C18H22N2O3S. The van der Waals surface area contributed by atoms with Crippen LogP contribution in [-0.2, 0) is 11.3 Å². The molecule has 0 radical (unpaired) electrons. The molecule has 128 valence electrons.